The number of carbonyl (C=O) groups excluding carboxylic acids is 1. The molecule has 0 saturated carbocycles. The number of nitrogens with one attached hydrogen (secondary N) is 1. The Bertz CT molecular complexity index is 405. The lowest BCUT2D eigenvalue weighted by Crippen LogP contribution is -2.16. The van der Waals surface area contributed by atoms with E-state index in [0.29, 0.717) is 22.0 Å². The minimum atomic E-state index is -0.108. The average molecular weight is 259 g/mol. The Balaban J connectivity index is 2.59. The van der Waals surface area contributed by atoms with Crippen molar-refractivity contribution in [3.63, 3.8) is 0 Å². The fraction of sp³-hybridized carbons (Fsp3) is 0.273. The highest BCUT2D eigenvalue weighted by molar-refractivity contribution is 6.36. The average Bonchev–Trinajstić information content (AvgIpc) is 2.22. The van der Waals surface area contributed by atoms with E-state index >= 15 is 0 Å². The van der Waals surface area contributed by atoms with Crippen molar-refractivity contribution < 1.29 is 4.79 Å². The summed E-state index contributed by atoms with van der Waals surface area (Å²) in [5.41, 5.74) is 3.12. The van der Waals surface area contributed by atoms with Gasteiger partial charge in [-0.25, -0.2) is 5.43 Å². The number of amides is 1. The molecule has 1 amide bonds. The number of hydrogen-bond acceptors (Lipinski definition) is 2. The highest BCUT2D eigenvalue weighted by Crippen LogP contribution is 2.19. The van der Waals surface area contributed by atoms with E-state index in [1.165, 1.54) is 6.21 Å². The first-order valence-corrected chi connectivity index (χ1v) is 5.66. The largest absolute Gasteiger partial charge is 0.273 e. The van der Waals surface area contributed by atoms with E-state index in [0.717, 1.165) is 6.42 Å². The summed E-state index contributed by atoms with van der Waals surface area (Å²) in [6, 6.07) is 5.07. The number of hydrazone groups is 1. The number of nitrogens with zero attached hydrogens (tertiary/aromatic N) is 1. The Morgan fingerprint density at radius 1 is 1.50 bits per heavy atom. The number of halogens is 2. The molecule has 3 nitrogen and oxygen atoms in total. The van der Waals surface area contributed by atoms with Crippen LogP contribution in [0.4, 0.5) is 0 Å². The summed E-state index contributed by atoms with van der Waals surface area (Å²) >= 11 is 11.7. The van der Waals surface area contributed by atoms with Gasteiger partial charge in [0, 0.05) is 17.0 Å². The van der Waals surface area contributed by atoms with Gasteiger partial charge in [-0.1, -0.05) is 36.2 Å². The summed E-state index contributed by atoms with van der Waals surface area (Å²) in [5.74, 6) is -0.108. The van der Waals surface area contributed by atoms with Crippen LogP contribution < -0.4 is 5.43 Å². The summed E-state index contributed by atoms with van der Waals surface area (Å²) in [4.78, 5) is 11.1. The van der Waals surface area contributed by atoms with Crippen LogP contribution in [0.1, 0.15) is 25.3 Å². The van der Waals surface area contributed by atoms with Gasteiger partial charge >= 0.3 is 0 Å². The topological polar surface area (TPSA) is 41.5 Å². The molecule has 0 saturated heterocycles. The maximum atomic E-state index is 11.1. The molecule has 1 rings (SSSR count). The lowest BCUT2D eigenvalue weighted by Gasteiger charge is -1.99. The fourth-order valence-electron chi connectivity index (χ4n) is 1.06. The van der Waals surface area contributed by atoms with Gasteiger partial charge in [-0.15, -0.1) is 0 Å². The first-order valence-electron chi connectivity index (χ1n) is 4.90. The van der Waals surface area contributed by atoms with Crippen LogP contribution in [0.15, 0.2) is 23.3 Å². The summed E-state index contributed by atoms with van der Waals surface area (Å²) in [6.45, 7) is 1.93. The van der Waals surface area contributed by atoms with Gasteiger partial charge < -0.3 is 0 Å². The zero-order chi connectivity index (χ0) is 12.0. The maximum absolute atomic E-state index is 11.1. The van der Waals surface area contributed by atoms with Gasteiger partial charge in [0.15, 0.2) is 0 Å². The minimum Gasteiger partial charge on any atom is -0.273 e. The minimum absolute atomic E-state index is 0.108. The van der Waals surface area contributed by atoms with E-state index < -0.39 is 0 Å². The van der Waals surface area contributed by atoms with Gasteiger partial charge in [0.05, 0.1) is 11.2 Å². The predicted molar refractivity (Wildman–Crippen MR) is 67.1 cm³/mol. The second-order valence-electron chi connectivity index (χ2n) is 3.21. The number of rotatable bonds is 4. The van der Waals surface area contributed by atoms with Crippen molar-refractivity contribution in [3.05, 3.63) is 33.8 Å². The molecule has 0 atom stereocenters. The van der Waals surface area contributed by atoms with Crippen LogP contribution >= 0.6 is 23.2 Å². The molecular formula is C11H12Cl2N2O. The summed E-state index contributed by atoms with van der Waals surface area (Å²) in [5, 5.41) is 4.87. The maximum Gasteiger partial charge on any atom is 0.240 e. The van der Waals surface area contributed by atoms with Crippen LogP contribution in [0.2, 0.25) is 10.0 Å². The molecule has 5 heteroatoms. The van der Waals surface area contributed by atoms with Crippen LogP contribution in [-0.2, 0) is 4.79 Å². The van der Waals surface area contributed by atoms with E-state index in [1.807, 2.05) is 6.92 Å². The van der Waals surface area contributed by atoms with Crippen LogP contribution in [0.5, 0.6) is 0 Å². The quantitative estimate of drug-likeness (QED) is 0.654. The Labute approximate surface area is 104 Å². The Morgan fingerprint density at radius 3 is 2.88 bits per heavy atom. The summed E-state index contributed by atoms with van der Waals surface area (Å²) in [7, 11) is 0. The summed E-state index contributed by atoms with van der Waals surface area (Å²) < 4.78 is 0. The highest BCUT2D eigenvalue weighted by Gasteiger charge is 1.99. The van der Waals surface area contributed by atoms with E-state index in [4.69, 9.17) is 23.2 Å². The highest BCUT2D eigenvalue weighted by atomic mass is 35.5. The van der Waals surface area contributed by atoms with E-state index in [-0.39, 0.29) is 5.91 Å². The molecular weight excluding hydrogens is 247 g/mol. The molecule has 0 bridgehead atoms. The van der Waals surface area contributed by atoms with Gasteiger partial charge in [-0.3, -0.25) is 4.79 Å². The molecule has 16 heavy (non-hydrogen) atoms. The third kappa shape index (κ3) is 4.21. The molecule has 0 fully saturated rings. The van der Waals surface area contributed by atoms with Crippen molar-refractivity contribution in [2.45, 2.75) is 19.8 Å². The fourth-order valence-corrected chi connectivity index (χ4v) is 1.52. The first-order chi connectivity index (χ1) is 7.63. The van der Waals surface area contributed by atoms with Gasteiger partial charge in [0.2, 0.25) is 5.91 Å². The van der Waals surface area contributed by atoms with Gasteiger partial charge in [-0.05, 0) is 18.6 Å². The smallest absolute Gasteiger partial charge is 0.240 e. The van der Waals surface area contributed by atoms with E-state index in [9.17, 15) is 4.79 Å². The second-order valence-corrected chi connectivity index (χ2v) is 4.05. The second kappa shape index (κ2) is 6.51. The normalized spacial score (nSPS) is 10.7. The van der Waals surface area contributed by atoms with Crippen LogP contribution in [0.25, 0.3) is 0 Å². The predicted octanol–water partition coefficient (Wildman–Crippen LogP) is 3.24. The standard InChI is InChI=1S/C11H12Cl2N2O/c1-2-3-11(16)15-14-7-8-4-5-9(12)6-10(8)13/h4-7H,2-3H2,1H3,(H,15,16)/b14-7+. The molecule has 0 heterocycles. The van der Waals surface area contributed by atoms with Crippen molar-refractivity contribution in [1.82, 2.24) is 5.43 Å². The Morgan fingerprint density at radius 2 is 2.25 bits per heavy atom. The third-order valence-electron chi connectivity index (χ3n) is 1.83. The van der Waals surface area contributed by atoms with Crippen molar-refractivity contribution in [3.8, 4) is 0 Å². The first kappa shape index (κ1) is 13.0. The molecule has 0 unspecified atom stereocenters. The monoisotopic (exact) mass is 258 g/mol. The zero-order valence-corrected chi connectivity index (χ0v) is 10.3. The molecule has 0 aliphatic rings. The van der Waals surface area contributed by atoms with Crippen molar-refractivity contribution in [1.29, 1.82) is 0 Å². The van der Waals surface area contributed by atoms with Gasteiger partial charge in [-0.2, -0.15) is 5.10 Å². The third-order valence-corrected chi connectivity index (χ3v) is 2.39. The molecule has 0 aliphatic heterocycles. The van der Waals surface area contributed by atoms with Crippen molar-refractivity contribution in [2.75, 3.05) is 0 Å². The molecule has 0 spiro atoms. The van der Waals surface area contributed by atoms with E-state index in [1.54, 1.807) is 18.2 Å². The SMILES string of the molecule is CCCC(=O)N/N=C/c1ccc(Cl)cc1Cl. The molecule has 1 aromatic carbocycles. The number of benzene rings is 1. The molecule has 0 aromatic heterocycles. The zero-order valence-electron chi connectivity index (χ0n) is 8.84. The summed E-state index contributed by atoms with van der Waals surface area (Å²) in [6.07, 6.45) is 2.75. The number of carbonyl (C=O) groups is 1. The van der Waals surface area contributed by atoms with Crippen molar-refractivity contribution in [2.24, 2.45) is 5.10 Å². The lowest BCUT2D eigenvalue weighted by molar-refractivity contribution is -0.121. The van der Waals surface area contributed by atoms with Crippen LogP contribution in [0.3, 0.4) is 0 Å². The molecule has 86 valence electrons. The Kier molecular flexibility index (Phi) is 5.29. The molecule has 1 aromatic rings. The Hall–Kier alpha value is -1.06. The number of hydrogen-bond donors (Lipinski definition) is 1. The lowest BCUT2D eigenvalue weighted by atomic mass is 10.2. The van der Waals surface area contributed by atoms with Gasteiger partial charge in [0.1, 0.15) is 0 Å². The van der Waals surface area contributed by atoms with Crippen LogP contribution in [-0.4, -0.2) is 12.1 Å². The molecule has 0 radical (unpaired) electrons. The molecule has 0 aliphatic carbocycles. The molecule has 1 N–H and O–H groups in total. The van der Waals surface area contributed by atoms with Crippen LogP contribution in [0, 0.1) is 0 Å². The van der Waals surface area contributed by atoms with Gasteiger partial charge in [0.25, 0.3) is 0 Å². The van der Waals surface area contributed by atoms with Crippen molar-refractivity contribution >= 4 is 35.3 Å². The van der Waals surface area contributed by atoms with E-state index in [2.05, 4.69) is 10.5 Å².